The highest BCUT2D eigenvalue weighted by molar-refractivity contribution is 14.1. The predicted octanol–water partition coefficient (Wildman–Crippen LogP) is 5.41. The molecule has 0 saturated carbocycles. The summed E-state index contributed by atoms with van der Waals surface area (Å²) in [5, 5.41) is 6.73. The molecule has 1 nitrogen and oxygen atoms in total. The Morgan fingerprint density at radius 3 is 2.52 bits per heavy atom. The van der Waals surface area contributed by atoms with Crippen molar-refractivity contribution in [1.29, 1.82) is 0 Å². The van der Waals surface area contributed by atoms with Gasteiger partial charge in [-0.15, -0.1) is 0 Å². The minimum Gasteiger partial charge on any atom is -0.309 e. The van der Waals surface area contributed by atoms with Crippen LogP contribution in [0.2, 0.25) is 5.02 Å². The summed E-state index contributed by atoms with van der Waals surface area (Å²) < 4.78 is 1.21. The Morgan fingerprint density at radius 2 is 1.71 bits per heavy atom. The van der Waals surface area contributed by atoms with E-state index in [1.165, 1.54) is 25.5 Å². The molecule has 1 N–H and O–H groups in total. The Hall–Kier alpha value is -1.10. The Morgan fingerprint density at radius 1 is 0.952 bits per heavy atom. The second-order valence-electron chi connectivity index (χ2n) is 4.96. The number of halogens is 2. The maximum absolute atomic E-state index is 6.19. The molecule has 1 atom stereocenters. The van der Waals surface area contributed by atoms with Gasteiger partial charge in [0, 0.05) is 8.59 Å². The molecule has 0 aliphatic carbocycles. The molecule has 3 aromatic rings. The third-order valence-corrected chi connectivity index (χ3v) is 4.91. The van der Waals surface area contributed by atoms with Gasteiger partial charge in [0.2, 0.25) is 0 Å². The van der Waals surface area contributed by atoms with Gasteiger partial charge in [-0.1, -0.05) is 54.1 Å². The lowest BCUT2D eigenvalue weighted by Gasteiger charge is -2.21. The molecule has 0 amide bonds. The van der Waals surface area contributed by atoms with Crippen molar-refractivity contribution in [3.63, 3.8) is 0 Å². The van der Waals surface area contributed by atoms with Crippen molar-refractivity contribution >= 4 is 45.0 Å². The van der Waals surface area contributed by atoms with Gasteiger partial charge in [0.05, 0.1) is 6.04 Å². The van der Waals surface area contributed by atoms with E-state index in [1.54, 1.807) is 0 Å². The van der Waals surface area contributed by atoms with E-state index in [0.29, 0.717) is 0 Å². The summed E-state index contributed by atoms with van der Waals surface area (Å²) >= 11 is 8.56. The van der Waals surface area contributed by atoms with Crippen molar-refractivity contribution in [2.75, 3.05) is 7.05 Å². The van der Waals surface area contributed by atoms with Gasteiger partial charge >= 0.3 is 0 Å². The van der Waals surface area contributed by atoms with E-state index in [4.69, 9.17) is 11.6 Å². The highest BCUT2D eigenvalue weighted by Crippen LogP contribution is 2.32. The van der Waals surface area contributed by atoms with Crippen LogP contribution in [0, 0.1) is 3.57 Å². The van der Waals surface area contributed by atoms with Gasteiger partial charge in [-0.05, 0) is 69.7 Å². The molecular weight excluding hydrogens is 393 g/mol. The van der Waals surface area contributed by atoms with E-state index in [0.717, 1.165) is 5.02 Å². The number of fused-ring (bicyclic) bond motifs is 1. The Balaban J connectivity index is 2.21. The molecule has 0 aliphatic rings. The second-order valence-corrected chi connectivity index (χ2v) is 6.55. The van der Waals surface area contributed by atoms with Crippen LogP contribution in [0.4, 0.5) is 0 Å². The van der Waals surface area contributed by atoms with Gasteiger partial charge in [-0.25, -0.2) is 0 Å². The Labute approximate surface area is 143 Å². The first kappa shape index (κ1) is 14.8. The molecule has 0 saturated heterocycles. The normalized spacial score (nSPS) is 12.5. The average molecular weight is 408 g/mol. The van der Waals surface area contributed by atoms with Crippen LogP contribution in [0.3, 0.4) is 0 Å². The zero-order valence-electron chi connectivity index (χ0n) is 11.6. The molecule has 0 radical (unpaired) electrons. The number of hydrogen-bond donors (Lipinski definition) is 1. The zero-order chi connectivity index (χ0) is 14.8. The average Bonchev–Trinajstić information content (AvgIpc) is 2.51. The van der Waals surface area contributed by atoms with E-state index in [2.05, 4.69) is 76.4 Å². The van der Waals surface area contributed by atoms with Crippen LogP contribution < -0.4 is 5.32 Å². The minimum atomic E-state index is 0.127. The van der Waals surface area contributed by atoms with E-state index < -0.39 is 0 Å². The van der Waals surface area contributed by atoms with Crippen molar-refractivity contribution in [1.82, 2.24) is 5.32 Å². The topological polar surface area (TPSA) is 12.0 Å². The SMILES string of the molecule is CNC(c1cc(Cl)ccc1I)c1cccc2ccccc12. The number of hydrogen-bond acceptors (Lipinski definition) is 1. The van der Waals surface area contributed by atoms with Crippen molar-refractivity contribution < 1.29 is 0 Å². The van der Waals surface area contributed by atoms with Crippen LogP contribution in [-0.4, -0.2) is 7.05 Å². The third-order valence-electron chi connectivity index (χ3n) is 3.69. The van der Waals surface area contributed by atoms with Crippen LogP contribution in [0.5, 0.6) is 0 Å². The molecule has 0 fully saturated rings. The van der Waals surface area contributed by atoms with E-state index in [-0.39, 0.29) is 6.04 Å². The summed E-state index contributed by atoms with van der Waals surface area (Å²) in [6.07, 6.45) is 0. The molecule has 0 heterocycles. The van der Waals surface area contributed by atoms with Crippen molar-refractivity contribution in [2.45, 2.75) is 6.04 Å². The Kier molecular flexibility index (Phi) is 4.48. The molecular formula is C18H15ClIN. The molecule has 0 aliphatic heterocycles. The molecule has 0 spiro atoms. The molecule has 0 aromatic heterocycles. The largest absolute Gasteiger partial charge is 0.309 e. The molecule has 3 aromatic carbocycles. The summed E-state index contributed by atoms with van der Waals surface area (Å²) in [4.78, 5) is 0. The van der Waals surface area contributed by atoms with Crippen LogP contribution in [0.15, 0.2) is 60.7 Å². The van der Waals surface area contributed by atoms with Crippen LogP contribution in [-0.2, 0) is 0 Å². The maximum Gasteiger partial charge on any atom is 0.0591 e. The lowest BCUT2D eigenvalue weighted by molar-refractivity contribution is 0.693. The highest BCUT2D eigenvalue weighted by atomic mass is 127. The fourth-order valence-electron chi connectivity index (χ4n) is 2.72. The van der Waals surface area contributed by atoms with E-state index in [9.17, 15) is 0 Å². The van der Waals surface area contributed by atoms with Gasteiger partial charge in [0.1, 0.15) is 0 Å². The first-order valence-electron chi connectivity index (χ1n) is 6.80. The summed E-state index contributed by atoms with van der Waals surface area (Å²) in [5.41, 5.74) is 2.48. The first-order valence-corrected chi connectivity index (χ1v) is 8.26. The fourth-order valence-corrected chi connectivity index (χ4v) is 3.54. The highest BCUT2D eigenvalue weighted by Gasteiger charge is 2.17. The molecule has 106 valence electrons. The Bertz CT molecular complexity index is 780. The van der Waals surface area contributed by atoms with Gasteiger partial charge in [-0.2, -0.15) is 0 Å². The van der Waals surface area contributed by atoms with E-state index >= 15 is 0 Å². The van der Waals surface area contributed by atoms with Gasteiger partial charge in [0.15, 0.2) is 0 Å². The lowest BCUT2D eigenvalue weighted by atomic mass is 9.94. The molecule has 21 heavy (non-hydrogen) atoms. The number of nitrogens with one attached hydrogen (secondary N) is 1. The monoisotopic (exact) mass is 407 g/mol. The fraction of sp³-hybridized carbons (Fsp3) is 0.111. The summed E-state index contributed by atoms with van der Waals surface area (Å²) in [5.74, 6) is 0. The van der Waals surface area contributed by atoms with E-state index in [1.807, 2.05) is 19.2 Å². The minimum absolute atomic E-state index is 0.127. The predicted molar refractivity (Wildman–Crippen MR) is 99.0 cm³/mol. The van der Waals surface area contributed by atoms with Crippen LogP contribution in [0.25, 0.3) is 10.8 Å². The number of rotatable bonds is 3. The molecule has 3 heteroatoms. The van der Waals surface area contributed by atoms with Crippen molar-refractivity contribution in [3.05, 3.63) is 80.4 Å². The third kappa shape index (κ3) is 2.93. The first-order chi connectivity index (χ1) is 10.2. The van der Waals surface area contributed by atoms with Crippen LogP contribution in [0.1, 0.15) is 17.2 Å². The standard InChI is InChI=1S/C18H15ClIN/c1-21-18(16-11-13(19)9-10-17(16)20)15-8-4-6-12-5-2-3-7-14(12)15/h2-11,18,21H,1H3. The molecule has 1 unspecified atom stereocenters. The summed E-state index contributed by atoms with van der Waals surface area (Å²) in [6.45, 7) is 0. The summed E-state index contributed by atoms with van der Waals surface area (Å²) in [6, 6.07) is 21.1. The van der Waals surface area contributed by atoms with Gasteiger partial charge in [0.25, 0.3) is 0 Å². The quantitative estimate of drug-likeness (QED) is 0.573. The second kappa shape index (κ2) is 6.34. The lowest BCUT2D eigenvalue weighted by Crippen LogP contribution is -2.19. The van der Waals surface area contributed by atoms with Crippen molar-refractivity contribution in [3.8, 4) is 0 Å². The van der Waals surface area contributed by atoms with Crippen molar-refractivity contribution in [2.24, 2.45) is 0 Å². The van der Waals surface area contributed by atoms with Gasteiger partial charge in [-0.3, -0.25) is 0 Å². The summed E-state index contributed by atoms with van der Waals surface area (Å²) in [7, 11) is 1.99. The molecule has 0 bridgehead atoms. The smallest absolute Gasteiger partial charge is 0.0591 e. The maximum atomic E-state index is 6.19. The number of benzene rings is 3. The van der Waals surface area contributed by atoms with Gasteiger partial charge < -0.3 is 5.32 Å². The zero-order valence-corrected chi connectivity index (χ0v) is 14.5. The van der Waals surface area contributed by atoms with Crippen LogP contribution >= 0.6 is 34.2 Å². The molecule has 3 rings (SSSR count).